The highest BCUT2D eigenvalue weighted by Gasteiger charge is 2.17. The number of nitrogens with zero attached hydrogens (tertiary/aromatic N) is 2. The molecule has 0 atom stereocenters. The molecular formula is C21H13ClN2O2. The van der Waals surface area contributed by atoms with Crippen LogP contribution >= 0.6 is 11.6 Å². The van der Waals surface area contributed by atoms with Gasteiger partial charge in [0, 0.05) is 21.5 Å². The van der Waals surface area contributed by atoms with Gasteiger partial charge in [-0.1, -0.05) is 41.9 Å². The van der Waals surface area contributed by atoms with Crippen LogP contribution in [0.25, 0.3) is 33.5 Å². The van der Waals surface area contributed by atoms with Crippen LogP contribution in [-0.4, -0.2) is 16.8 Å². The molecule has 4 aromatic rings. The van der Waals surface area contributed by atoms with Gasteiger partial charge in [-0.2, -0.15) is 0 Å². The van der Waals surface area contributed by atoms with Gasteiger partial charge in [-0.25, -0.2) is 9.97 Å². The lowest BCUT2D eigenvalue weighted by atomic mass is 10.1. The van der Waals surface area contributed by atoms with Crippen LogP contribution in [-0.2, 0) is 0 Å². The molecule has 126 valence electrons. The van der Waals surface area contributed by atoms with E-state index in [1.165, 1.54) is 0 Å². The van der Waals surface area contributed by atoms with E-state index in [1.54, 1.807) is 0 Å². The third-order valence-electron chi connectivity index (χ3n) is 4.34. The van der Waals surface area contributed by atoms with Crippen molar-refractivity contribution < 1.29 is 9.47 Å². The summed E-state index contributed by atoms with van der Waals surface area (Å²) in [6.45, 7) is 0.241. The first-order valence-corrected chi connectivity index (χ1v) is 8.58. The minimum Gasteiger partial charge on any atom is -0.454 e. The van der Waals surface area contributed by atoms with E-state index in [1.807, 2.05) is 66.7 Å². The smallest absolute Gasteiger partial charge is 0.231 e. The maximum Gasteiger partial charge on any atom is 0.231 e. The predicted molar refractivity (Wildman–Crippen MR) is 102 cm³/mol. The zero-order valence-electron chi connectivity index (χ0n) is 13.6. The Balaban J connectivity index is 1.76. The molecule has 5 heteroatoms. The number of halogens is 1. The van der Waals surface area contributed by atoms with Gasteiger partial charge >= 0.3 is 0 Å². The van der Waals surface area contributed by atoms with Crippen LogP contribution in [0.15, 0.2) is 66.7 Å². The maximum absolute atomic E-state index is 6.21. The Bertz CT molecular complexity index is 1130. The maximum atomic E-state index is 6.21. The second-order valence-corrected chi connectivity index (χ2v) is 6.43. The first kappa shape index (κ1) is 15.2. The van der Waals surface area contributed by atoms with E-state index in [4.69, 9.17) is 31.0 Å². The molecular weight excluding hydrogens is 348 g/mol. The lowest BCUT2D eigenvalue weighted by molar-refractivity contribution is 0.174. The molecule has 3 aromatic carbocycles. The zero-order valence-corrected chi connectivity index (χ0v) is 14.4. The Morgan fingerprint density at radius 3 is 2.50 bits per heavy atom. The standard InChI is InChI=1S/C21H13ClN2O2/c22-15-7-8-17-16(11-15)20(13-4-2-1-3-5-13)24-21(23-17)14-6-9-18-19(10-14)26-12-25-18/h1-11H,12H2. The first-order valence-electron chi connectivity index (χ1n) is 8.21. The monoisotopic (exact) mass is 360 g/mol. The van der Waals surface area contributed by atoms with Gasteiger partial charge in [0.1, 0.15) is 0 Å². The fraction of sp³-hybridized carbons (Fsp3) is 0.0476. The highest BCUT2D eigenvalue weighted by Crippen LogP contribution is 2.36. The fourth-order valence-corrected chi connectivity index (χ4v) is 3.25. The van der Waals surface area contributed by atoms with Crippen LogP contribution in [0.4, 0.5) is 0 Å². The van der Waals surface area contributed by atoms with E-state index in [0.717, 1.165) is 33.5 Å². The van der Waals surface area contributed by atoms with Crippen molar-refractivity contribution in [3.8, 4) is 34.1 Å². The Morgan fingerprint density at radius 1 is 0.769 bits per heavy atom. The molecule has 4 nitrogen and oxygen atoms in total. The van der Waals surface area contributed by atoms with Crippen molar-refractivity contribution in [3.05, 3.63) is 71.8 Å². The molecule has 0 N–H and O–H groups in total. The van der Waals surface area contributed by atoms with Crippen molar-refractivity contribution in [1.29, 1.82) is 0 Å². The average molecular weight is 361 g/mol. The highest BCUT2D eigenvalue weighted by molar-refractivity contribution is 6.31. The highest BCUT2D eigenvalue weighted by atomic mass is 35.5. The third kappa shape index (κ3) is 2.55. The molecule has 26 heavy (non-hydrogen) atoms. The van der Waals surface area contributed by atoms with Gasteiger partial charge in [0.15, 0.2) is 17.3 Å². The van der Waals surface area contributed by atoms with Gasteiger partial charge < -0.3 is 9.47 Å². The number of ether oxygens (including phenoxy) is 2. The molecule has 0 unspecified atom stereocenters. The molecule has 0 saturated heterocycles. The SMILES string of the molecule is Clc1ccc2nc(-c3ccc4c(c3)OCO4)nc(-c3ccccc3)c2c1. The summed E-state index contributed by atoms with van der Waals surface area (Å²) < 4.78 is 10.9. The second kappa shape index (κ2) is 6.00. The van der Waals surface area contributed by atoms with Crippen LogP contribution in [0.3, 0.4) is 0 Å². The summed E-state index contributed by atoms with van der Waals surface area (Å²) in [7, 11) is 0. The molecule has 1 aliphatic rings. The van der Waals surface area contributed by atoms with Crippen LogP contribution in [0, 0.1) is 0 Å². The molecule has 2 heterocycles. The van der Waals surface area contributed by atoms with Crippen molar-refractivity contribution in [3.63, 3.8) is 0 Å². The van der Waals surface area contributed by atoms with E-state index < -0.39 is 0 Å². The molecule has 0 saturated carbocycles. The van der Waals surface area contributed by atoms with Crippen molar-refractivity contribution in [1.82, 2.24) is 9.97 Å². The van der Waals surface area contributed by atoms with Crippen molar-refractivity contribution in [2.45, 2.75) is 0 Å². The molecule has 0 bridgehead atoms. The molecule has 0 amide bonds. The lowest BCUT2D eigenvalue weighted by Crippen LogP contribution is -1.95. The average Bonchev–Trinajstić information content (AvgIpc) is 3.15. The Kier molecular flexibility index (Phi) is 3.50. The quantitative estimate of drug-likeness (QED) is 0.483. The fourth-order valence-electron chi connectivity index (χ4n) is 3.08. The van der Waals surface area contributed by atoms with Crippen LogP contribution < -0.4 is 9.47 Å². The van der Waals surface area contributed by atoms with Gasteiger partial charge in [-0.05, 0) is 36.4 Å². The summed E-state index contributed by atoms with van der Waals surface area (Å²) in [6.07, 6.45) is 0. The zero-order chi connectivity index (χ0) is 17.5. The van der Waals surface area contributed by atoms with Gasteiger partial charge in [-0.3, -0.25) is 0 Å². The van der Waals surface area contributed by atoms with Crippen molar-refractivity contribution in [2.24, 2.45) is 0 Å². The summed E-state index contributed by atoms with van der Waals surface area (Å²) >= 11 is 6.21. The number of hydrogen-bond donors (Lipinski definition) is 0. The normalized spacial score (nSPS) is 12.5. The number of hydrogen-bond acceptors (Lipinski definition) is 4. The Hall–Kier alpha value is -3.11. The van der Waals surface area contributed by atoms with Crippen LogP contribution in [0.2, 0.25) is 5.02 Å². The van der Waals surface area contributed by atoms with Crippen molar-refractivity contribution in [2.75, 3.05) is 6.79 Å². The molecule has 0 spiro atoms. The minimum atomic E-state index is 0.241. The number of rotatable bonds is 2. The van der Waals surface area contributed by atoms with E-state index in [9.17, 15) is 0 Å². The predicted octanol–water partition coefficient (Wildman–Crippen LogP) is 5.35. The number of fused-ring (bicyclic) bond motifs is 2. The molecule has 1 aromatic heterocycles. The van der Waals surface area contributed by atoms with Gasteiger partial charge in [0.25, 0.3) is 0 Å². The Labute approximate surface area is 155 Å². The summed E-state index contributed by atoms with van der Waals surface area (Å²) in [5.74, 6) is 2.09. The molecule has 5 rings (SSSR count). The summed E-state index contributed by atoms with van der Waals surface area (Å²) in [5.41, 5.74) is 3.59. The number of benzene rings is 3. The summed E-state index contributed by atoms with van der Waals surface area (Å²) in [6, 6.07) is 21.4. The van der Waals surface area contributed by atoms with Crippen molar-refractivity contribution >= 4 is 22.5 Å². The summed E-state index contributed by atoms with van der Waals surface area (Å²) in [5, 5.41) is 1.59. The second-order valence-electron chi connectivity index (χ2n) is 5.99. The van der Waals surface area contributed by atoms with Gasteiger partial charge in [0.2, 0.25) is 6.79 Å². The molecule has 0 radical (unpaired) electrons. The Morgan fingerprint density at radius 2 is 1.62 bits per heavy atom. The minimum absolute atomic E-state index is 0.241. The van der Waals surface area contributed by atoms with Crippen LogP contribution in [0.1, 0.15) is 0 Å². The topological polar surface area (TPSA) is 44.2 Å². The van der Waals surface area contributed by atoms with E-state index >= 15 is 0 Å². The molecule has 0 aliphatic carbocycles. The summed E-state index contributed by atoms with van der Waals surface area (Å²) in [4.78, 5) is 9.57. The van der Waals surface area contributed by atoms with E-state index in [0.29, 0.717) is 16.6 Å². The first-order chi connectivity index (χ1) is 12.8. The molecule has 0 fully saturated rings. The third-order valence-corrected chi connectivity index (χ3v) is 4.57. The largest absolute Gasteiger partial charge is 0.454 e. The van der Waals surface area contributed by atoms with E-state index in [-0.39, 0.29) is 6.79 Å². The van der Waals surface area contributed by atoms with E-state index in [2.05, 4.69) is 0 Å². The van der Waals surface area contributed by atoms with Gasteiger partial charge in [-0.15, -0.1) is 0 Å². The van der Waals surface area contributed by atoms with Crippen LogP contribution in [0.5, 0.6) is 11.5 Å². The molecule has 1 aliphatic heterocycles. The number of aromatic nitrogens is 2. The van der Waals surface area contributed by atoms with Gasteiger partial charge in [0.05, 0.1) is 11.2 Å². The lowest BCUT2D eigenvalue weighted by Gasteiger charge is -2.10.